The van der Waals surface area contributed by atoms with Crippen molar-refractivity contribution in [3.05, 3.63) is 71.8 Å². The average Bonchev–Trinajstić information content (AvgIpc) is 2.62. The molecule has 2 aromatic rings. The van der Waals surface area contributed by atoms with Crippen LogP contribution in [0.2, 0.25) is 0 Å². The summed E-state index contributed by atoms with van der Waals surface area (Å²) in [6.45, 7) is 9.47. The Hall–Kier alpha value is -1.56. The van der Waals surface area contributed by atoms with Crippen molar-refractivity contribution in [2.75, 3.05) is 0 Å². The van der Waals surface area contributed by atoms with E-state index in [9.17, 15) is 0 Å². The molecule has 0 aromatic heterocycles. The van der Waals surface area contributed by atoms with Crippen molar-refractivity contribution in [3.8, 4) is 0 Å². The first-order valence-corrected chi connectivity index (χ1v) is 9.65. The number of hydrogen-bond donors (Lipinski definition) is 0. The van der Waals surface area contributed by atoms with Crippen LogP contribution in [0.1, 0.15) is 82.8 Å². The Labute approximate surface area is 149 Å². The third kappa shape index (κ3) is 5.51. The van der Waals surface area contributed by atoms with Crippen LogP contribution in [0.3, 0.4) is 0 Å². The molecular formula is C24H34. The van der Waals surface area contributed by atoms with Gasteiger partial charge in [0.05, 0.1) is 0 Å². The van der Waals surface area contributed by atoms with Crippen molar-refractivity contribution >= 4 is 0 Å². The molecular weight excluding hydrogens is 288 g/mol. The van der Waals surface area contributed by atoms with E-state index in [1.165, 1.54) is 43.2 Å². The zero-order valence-corrected chi connectivity index (χ0v) is 16.0. The Kier molecular flexibility index (Phi) is 7.09. The first kappa shape index (κ1) is 18.8. The fraction of sp³-hybridized carbons (Fsp3) is 0.500. The van der Waals surface area contributed by atoms with Crippen molar-refractivity contribution < 1.29 is 0 Å². The molecule has 2 unspecified atom stereocenters. The fourth-order valence-corrected chi connectivity index (χ4v) is 3.71. The van der Waals surface area contributed by atoms with Crippen LogP contribution in [0.4, 0.5) is 0 Å². The van der Waals surface area contributed by atoms with Crippen LogP contribution >= 0.6 is 0 Å². The molecule has 0 nitrogen and oxygen atoms in total. The van der Waals surface area contributed by atoms with E-state index in [1.54, 1.807) is 0 Å². The van der Waals surface area contributed by atoms with Crippen LogP contribution in [0.25, 0.3) is 0 Å². The monoisotopic (exact) mass is 322 g/mol. The van der Waals surface area contributed by atoms with Gasteiger partial charge in [-0.3, -0.25) is 0 Å². The molecule has 0 radical (unpaired) electrons. The lowest BCUT2D eigenvalue weighted by Gasteiger charge is -2.31. The molecule has 0 fully saturated rings. The van der Waals surface area contributed by atoms with Crippen LogP contribution in [0.5, 0.6) is 0 Å². The molecule has 0 heterocycles. The summed E-state index contributed by atoms with van der Waals surface area (Å²) in [6, 6.07) is 22.3. The van der Waals surface area contributed by atoms with Gasteiger partial charge < -0.3 is 0 Å². The van der Waals surface area contributed by atoms with Gasteiger partial charge in [-0.15, -0.1) is 0 Å². The van der Waals surface area contributed by atoms with Crippen molar-refractivity contribution in [2.45, 2.75) is 71.6 Å². The smallest absolute Gasteiger partial charge is 0.0151 e. The molecule has 0 aliphatic heterocycles. The molecule has 0 saturated heterocycles. The standard InChI is InChI=1S/C24H34/c1-5-13-22(20-14-9-7-10-15-20)18-23(19-24(3,4)6-2)21-16-11-8-12-17-21/h7-12,14-17,22-23H,5-6,13,18-19H2,1-4H3. The molecule has 2 aromatic carbocycles. The van der Waals surface area contributed by atoms with E-state index < -0.39 is 0 Å². The Morgan fingerprint density at radius 1 is 0.750 bits per heavy atom. The second-order valence-electron chi connectivity index (χ2n) is 7.96. The summed E-state index contributed by atoms with van der Waals surface area (Å²) in [5, 5.41) is 0. The van der Waals surface area contributed by atoms with Gasteiger partial charge in [-0.2, -0.15) is 0 Å². The summed E-state index contributed by atoms with van der Waals surface area (Å²) >= 11 is 0. The summed E-state index contributed by atoms with van der Waals surface area (Å²) in [5.41, 5.74) is 3.42. The third-order valence-corrected chi connectivity index (χ3v) is 5.50. The molecule has 24 heavy (non-hydrogen) atoms. The van der Waals surface area contributed by atoms with Crippen LogP contribution < -0.4 is 0 Å². The Bertz CT molecular complexity index is 568. The lowest BCUT2D eigenvalue weighted by molar-refractivity contribution is 0.278. The molecule has 0 N–H and O–H groups in total. The maximum atomic E-state index is 2.42. The Balaban J connectivity index is 2.25. The predicted molar refractivity (Wildman–Crippen MR) is 107 cm³/mol. The van der Waals surface area contributed by atoms with Gasteiger partial charge >= 0.3 is 0 Å². The Morgan fingerprint density at radius 3 is 1.71 bits per heavy atom. The lowest BCUT2D eigenvalue weighted by atomic mass is 9.73. The minimum absolute atomic E-state index is 0.397. The topological polar surface area (TPSA) is 0 Å². The molecule has 130 valence electrons. The van der Waals surface area contributed by atoms with Gasteiger partial charge in [-0.05, 0) is 47.6 Å². The Morgan fingerprint density at radius 2 is 1.25 bits per heavy atom. The van der Waals surface area contributed by atoms with Gasteiger partial charge in [0.15, 0.2) is 0 Å². The maximum Gasteiger partial charge on any atom is -0.0151 e. The molecule has 2 atom stereocenters. The van der Waals surface area contributed by atoms with Crippen molar-refractivity contribution in [2.24, 2.45) is 5.41 Å². The van der Waals surface area contributed by atoms with Gasteiger partial charge in [0, 0.05) is 0 Å². The fourth-order valence-electron chi connectivity index (χ4n) is 3.71. The zero-order valence-electron chi connectivity index (χ0n) is 16.0. The van der Waals surface area contributed by atoms with Gasteiger partial charge in [-0.1, -0.05) is 101 Å². The summed E-state index contributed by atoms with van der Waals surface area (Å²) < 4.78 is 0. The maximum absolute atomic E-state index is 2.42. The van der Waals surface area contributed by atoms with E-state index >= 15 is 0 Å². The molecule has 0 amide bonds. The molecule has 0 aliphatic rings. The molecule has 0 aliphatic carbocycles. The summed E-state index contributed by atoms with van der Waals surface area (Å²) in [5.74, 6) is 1.30. The second kappa shape index (κ2) is 9.06. The van der Waals surface area contributed by atoms with Gasteiger partial charge in [0.2, 0.25) is 0 Å². The van der Waals surface area contributed by atoms with E-state index in [0.717, 1.165) is 0 Å². The highest BCUT2D eigenvalue weighted by Gasteiger charge is 2.25. The average molecular weight is 323 g/mol. The second-order valence-corrected chi connectivity index (χ2v) is 7.96. The van der Waals surface area contributed by atoms with Gasteiger partial charge in [-0.25, -0.2) is 0 Å². The zero-order chi connectivity index (χ0) is 17.4. The van der Waals surface area contributed by atoms with Crippen LogP contribution in [-0.2, 0) is 0 Å². The number of hydrogen-bond acceptors (Lipinski definition) is 0. The van der Waals surface area contributed by atoms with Crippen LogP contribution in [0.15, 0.2) is 60.7 Å². The SMILES string of the molecule is CCCC(CC(CC(C)(C)CC)c1ccccc1)c1ccccc1. The largest absolute Gasteiger partial charge is 0.0654 e. The van der Waals surface area contributed by atoms with E-state index in [4.69, 9.17) is 0 Å². The van der Waals surface area contributed by atoms with Crippen molar-refractivity contribution in [3.63, 3.8) is 0 Å². The summed E-state index contributed by atoms with van der Waals surface area (Å²) in [6.07, 6.45) is 6.28. The number of benzene rings is 2. The van der Waals surface area contributed by atoms with Gasteiger partial charge in [0.1, 0.15) is 0 Å². The first-order valence-electron chi connectivity index (χ1n) is 9.65. The summed E-state index contributed by atoms with van der Waals surface area (Å²) in [4.78, 5) is 0. The molecule has 0 saturated carbocycles. The van der Waals surface area contributed by atoms with E-state index in [0.29, 0.717) is 17.3 Å². The number of rotatable bonds is 9. The molecule has 0 heteroatoms. The first-order chi connectivity index (χ1) is 11.6. The minimum Gasteiger partial charge on any atom is -0.0654 e. The highest BCUT2D eigenvalue weighted by molar-refractivity contribution is 5.24. The summed E-state index contributed by atoms with van der Waals surface area (Å²) in [7, 11) is 0. The molecule has 0 bridgehead atoms. The predicted octanol–water partition coefficient (Wildman–Crippen LogP) is 7.57. The molecule has 0 spiro atoms. The van der Waals surface area contributed by atoms with E-state index in [1.807, 2.05) is 0 Å². The normalized spacial score (nSPS) is 14.3. The van der Waals surface area contributed by atoms with E-state index in [-0.39, 0.29) is 0 Å². The minimum atomic E-state index is 0.397. The molecule has 2 rings (SSSR count). The highest BCUT2D eigenvalue weighted by atomic mass is 14.3. The quantitative estimate of drug-likeness (QED) is 0.446. The third-order valence-electron chi connectivity index (χ3n) is 5.50. The van der Waals surface area contributed by atoms with Crippen molar-refractivity contribution in [1.82, 2.24) is 0 Å². The highest BCUT2D eigenvalue weighted by Crippen LogP contribution is 2.41. The van der Waals surface area contributed by atoms with Crippen LogP contribution in [-0.4, -0.2) is 0 Å². The van der Waals surface area contributed by atoms with Crippen molar-refractivity contribution in [1.29, 1.82) is 0 Å². The lowest BCUT2D eigenvalue weighted by Crippen LogP contribution is -2.17. The van der Waals surface area contributed by atoms with E-state index in [2.05, 4.69) is 88.4 Å². The van der Waals surface area contributed by atoms with Crippen LogP contribution in [0, 0.1) is 5.41 Å². The van der Waals surface area contributed by atoms with Gasteiger partial charge in [0.25, 0.3) is 0 Å².